The van der Waals surface area contributed by atoms with Crippen LogP contribution in [0.25, 0.3) is 0 Å². The molecule has 0 bridgehead atoms. The molecule has 0 unspecified atom stereocenters. The van der Waals surface area contributed by atoms with Crippen molar-refractivity contribution in [1.29, 1.82) is 0 Å². The first-order valence-corrected chi connectivity index (χ1v) is 3.35. The van der Waals surface area contributed by atoms with E-state index in [1.165, 1.54) is 0 Å². The van der Waals surface area contributed by atoms with Crippen LogP contribution >= 0.6 is 0 Å². The zero-order chi connectivity index (χ0) is 7.40. The van der Waals surface area contributed by atoms with Crippen molar-refractivity contribution in [2.24, 2.45) is 0 Å². The molecule has 0 aliphatic carbocycles. The quantitative estimate of drug-likeness (QED) is 0.279. The Labute approximate surface area is 68.1 Å². The molecule has 1 aliphatic rings. The van der Waals surface area contributed by atoms with Crippen LogP contribution in [0.2, 0.25) is 0 Å². The Bertz CT molecular complexity index is 177. The van der Waals surface area contributed by atoms with Crippen molar-refractivity contribution in [2.75, 3.05) is 0 Å². The monoisotopic (exact) mass is 114 g/mol. The molecular weight excluding hydrogens is 111 g/mol. The number of hydrogen-bond acceptors (Lipinski definition) is 0. The summed E-state index contributed by atoms with van der Waals surface area (Å²) in [6, 6.07) is 0. The van der Waals surface area contributed by atoms with Crippen LogP contribution in [0.5, 0.6) is 0 Å². The third kappa shape index (κ3) is 1.87. The van der Waals surface area contributed by atoms with Crippen LogP contribution in [-0.4, -0.2) is 67.5 Å². The molecule has 0 nitrogen and oxygen atoms in total. The van der Waals surface area contributed by atoms with Gasteiger partial charge in [-0.25, -0.2) is 0 Å². The molecule has 8 heteroatoms. The second-order valence-corrected chi connectivity index (χ2v) is 2.26. The summed E-state index contributed by atoms with van der Waals surface area (Å²) < 4.78 is 0. The van der Waals surface area contributed by atoms with Crippen LogP contribution in [0, 0.1) is 0 Å². The molecule has 0 saturated carbocycles. The predicted molar refractivity (Wildman–Crippen MR) is 58.8 cm³/mol. The van der Waals surface area contributed by atoms with Gasteiger partial charge in [0.1, 0.15) is 0 Å². The summed E-state index contributed by atoms with van der Waals surface area (Å²) in [7, 11) is 12.6. The van der Waals surface area contributed by atoms with E-state index in [0.717, 1.165) is 25.1 Å². The summed E-state index contributed by atoms with van der Waals surface area (Å²) in [5.74, 6) is 0. The Morgan fingerprint density at radius 1 is 1.00 bits per heavy atom. The fourth-order valence-corrected chi connectivity index (χ4v) is 1.03. The van der Waals surface area contributed by atoms with Crippen molar-refractivity contribution in [3.8, 4) is 0 Å². The van der Waals surface area contributed by atoms with Gasteiger partial charge in [0.2, 0.25) is 0 Å². The van der Waals surface area contributed by atoms with Gasteiger partial charge in [-0.2, -0.15) is 0 Å². The summed E-state index contributed by atoms with van der Waals surface area (Å²) in [6.07, 6.45) is 0. The van der Waals surface area contributed by atoms with E-state index >= 15 is 0 Å². The molecule has 1 aliphatic heterocycles. The first-order valence-electron chi connectivity index (χ1n) is 3.35. The molecule has 10 heavy (non-hydrogen) atoms. The van der Waals surface area contributed by atoms with Crippen LogP contribution in [-0.2, 0) is 0 Å². The Morgan fingerprint density at radius 3 is 1.70 bits per heavy atom. The van der Waals surface area contributed by atoms with Crippen LogP contribution in [0.4, 0.5) is 0 Å². The van der Waals surface area contributed by atoms with E-state index in [2.05, 4.69) is 13.4 Å². The molecule has 4 radical (unpaired) electrons. The Hall–Kier alpha value is 0.259. The van der Waals surface area contributed by atoms with Gasteiger partial charge in [-0.05, 0) is 0 Å². The van der Waals surface area contributed by atoms with Gasteiger partial charge in [0.05, 0.1) is 0 Å². The van der Waals surface area contributed by atoms with Gasteiger partial charge < -0.3 is 0 Å². The van der Waals surface area contributed by atoms with E-state index in [1.54, 1.807) is 13.6 Å². The number of hydrogen-bond donors (Lipinski definition) is 0. The van der Waals surface area contributed by atoms with E-state index < -0.39 is 0 Å². The summed E-state index contributed by atoms with van der Waals surface area (Å²) >= 11 is 0. The van der Waals surface area contributed by atoms with Crippen molar-refractivity contribution < 1.29 is 0 Å². The number of rotatable bonds is 0. The van der Waals surface area contributed by atoms with Gasteiger partial charge in [0, 0.05) is 0 Å². The van der Waals surface area contributed by atoms with Crippen LogP contribution in [0.1, 0.15) is 0 Å². The van der Waals surface area contributed by atoms with E-state index in [4.69, 9.17) is 15.5 Å². The molecule has 0 spiro atoms. The van der Waals surface area contributed by atoms with Gasteiger partial charge in [-0.15, -0.1) is 0 Å². The fourth-order valence-electron chi connectivity index (χ4n) is 1.03. The first-order chi connectivity index (χ1) is 4.88. The van der Waals surface area contributed by atoms with Gasteiger partial charge in [-0.1, -0.05) is 0 Å². The first kappa shape index (κ1) is 8.36. The maximum absolute atomic E-state index is 5.38. The van der Waals surface area contributed by atoms with Crippen molar-refractivity contribution >= 4 is 67.5 Å². The van der Waals surface area contributed by atoms with Crippen molar-refractivity contribution in [3.05, 3.63) is 0 Å². The average molecular weight is 113 g/mol. The summed E-state index contributed by atoms with van der Waals surface area (Å²) in [5, 5.41) is 2.29. The third-order valence-corrected chi connectivity index (χ3v) is 1.66. The zero-order valence-corrected chi connectivity index (χ0v) is 5.88. The molecule has 0 aromatic heterocycles. The molecular formula is C2H2B8. The van der Waals surface area contributed by atoms with E-state index in [9.17, 15) is 0 Å². The van der Waals surface area contributed by atoms with Crippen molar-refractivity contribution in [3.63, 3.8) is 0 Å². The summed E-state index contributed by atoms with van der Waals surface area (Å²) in [6.45, 7) is 7.46. The average Bonchev–Trinajstić information content (AvgIpc) is 2.04. The molecule has 0 aromatic rings. The Balaban J connectivity index is 2.83. The summed E-state index contributed by atoms with van der Waals surface area (Å²) in [5.41, 5.74) is 0. The maximum atomic E-state index is 5.38. The van der Waals surface area contributed by atoms with Crippen LogP contribution in [0.3, 0.4) is 0 Å². The van der Waals surface area contributed by atoms with Crippen LogP contribution < -0.4 is 0 Å². The molecule has 34 valence electrons. The minimum absolute atomic E-state index is 0.916. The Kier molecular flexibility index (Phi) is 3.51. The van der Waals surface area contributed by atoms with Gasteiger partial charge in [-0.3, -0.25) is 0 Å². The molecule has 0 saturated heterocycles. The van der Waals surface area contributed by atoms with E-state index in [-0.39, 0.29) is 0 Å². The van der Waals surface area contributed by atoms with Crippen molar-refractivity contribution in [2.45, 2.75) is 0 Å². The molecule has 0 aromatic carbocycles. The topological polar surface area (TPSA) is 0 Å². The summed E-state index contributed by atoms with van der Waals surface area (Å²) in [4.78, 5) is 0. The Morgan fingerprint density at radius 2 is 1.40 bits per heavy atom. The normalized spacial score (nSPS) is 21.2. The molecule has 1 rings (SSSR count). The van der Waals surface area contributed by atoms with E-state index in [0.29, 0.717) is 0 Å². The van der Waals surface area contributed by atoms with E-state index in [1.807, 2.05) is 0 Å². The second kappa shape index (κ2) is 4.20. The fraction of sp³-hybridized carbons (Fsp3) is 0. The molecule has 0 fully saturated rings. The molecule has 0 amide bonds. The third-order valence-electron chi connectivity index (χ3n) is 1.66. The zero-order valence-electron chi connectivity index (χ0n) is 5.88. The van der Waals surface area contributed by atoms with Crippen LogP contribution in [0.15, 0.2) is 0 Å². The predicted octanol–water partition coefficient (Wildman–Crippen LogP) is -4.14. The van der Waals surface area contributed by atoms with Gasteiger partial charge in [0.25, 0.3) is 0 Å². The minimum atomic E-state index is 0.916. The van der Waals surface area contributed by atoms with Crippen molar-refractivity contribution in [1.82, 2.24) is 0 Å². The SMILES string of the molecule is [B]B=C1BB=BBC1=B[B]. The molecule has 0 atom stereocenters. The second-order valence-electron chi connectivity index (χ2n) is 2.26. The van der Waals surface area contributed by atoms with Gasteiger partial charge >= 0.3 is 67.5 Å². The van der Waals surface area contributed by atoms with Gasteiger partial charge in [0.15, 0.2) is 0 Å². The molecule has 1 heterocycles. The standard InChI is InChI=1S/C2H2B8/c3-5-1-2(6-4)8-10-9-7-1/h7-8H. The molecule has 0 N–H and O–H groups in total.